The molecule has 1 N–H and O–H groups in total. The van der Waals surface area contributed by atoms with Crippen LogP contribution in [-0.4, -0.2) is 18.0 Å². The van der Waals surface area contributed by atoms with Crippen molar-refractivity contribution in [3.05, 3.63) is 65.0 Å². The number of para-hydroxylation sites is 1. The summed E-state index contributed by atoms with van der Waals surface area (Å²) in [4.78, 5) is 18.0. The number of hydrogen-bond donors (Lipinski definition) is 1. The van der Waals surface area contributed by atoms with Crippen molar-refractivity contribution >= 4 is 22.4 Å². The third-order valence-corrected chi connectivity index (χ3v) is 4.30. The van der Waals surface area contributed by atoms with E-state index in [4.69, 9.17) is 4.74 Å². The summed E-state index contributed by atoms with van der Waals surface area (Å²) in [5.41, 5.74) is 2.43. The molecular formula is C18H16N2O2S. The number of nitrogens with zero attached hydrogens (tertiary/aromatic N) is 1. The SMILES string of the molecule is COc1ccccc1C(=O)Nc1nc(-c2ccccc2)c(C)s1. The van der Waals surface area contributed by atoms with E-state index in [0.717, 1.165) is 16.1 Å². The lowest BCUT2D eigenvalue weighted by Gasteiger charge is -2.07. The molecule has 0 aliphatic rings. The molecule has 0 radical (unpaired) electrons. The number of rotatable bonds is 4. The normalized spacial score (nSPS) is 10.3. The molecule has 0 atom stereocenters. The molecule has 0 saturated carbocycles. The Morgan fingerprint density at radius 1 is 1.09 bits per heavy atom. The number of thiazole rings is 1. The van der Waals surface area contributed by atoms with Crippen molar-refractivity contribution in [1.29, 1.82) is 0 Å². The molecule has 5 heteroatoms. The molecule has 0 saturated heterocycles. The van der Waals surface area contributed by atoms with Gasteiger partial charge in [0.1, 0.15) is 5.75 Å². The summed E-state index contributed by atoms with van der Waals surface area (Å²) in [7, 11) is 1.55. The summed E-state index contributed by atoms with van der Waals surface area (Å²) >= 11 is 1.46. The number of hydrogen-bond acceptors (Lipinski definition) is 4. The number of ether oxygens (including phenoxy) is 1. The summed E-state index contributed by atoms with van der Waals surface area (Å²) in [5.74, 6) is 0.317. The first kappa shape index (κ1) is 15.2. The molecule has 0 spiro atoms. The average Bonchev–Trinajstić information content (AvgIpc) is 2.95. The zero-order chi connectivity index (χ0) is 16.2. The van der Waals surface area contributed by atoms with Crippen molar-refractivity contribution in [1.82, 2.24) is 4.98 Å². The highest BCUT2D eigenvalue weighted by atomic mass is 32.1. The molecule has 0 aliphatic heterocycles. The smallest absolute Gasteiger partial charge is 0.261 e. The van der Waals surface area contributed by atoms with Crippen LogP contribution in [0.3, 0.4) is 0 Å². The number of methoxy groups -OCH3 is 1. The van der Waals surface area contributed by atoms with E-state index in [1.165, 1.54) is 11.3 Å². The molecular weight excluding hydrogens is 308 g/mol. The lowest BCUT2D eigenvalue weighted by molar-refractivity contribution is 0.102. The quantitative estimate of drug-likeness (QED) is 0.775. The third-order valence-electron chi connectivity index (χ3n) is 3.42. The van der Waals surface area contributed by atoms with Crippen LogP contribution in [0.5, 0.6) is 5.75 Å². The Bertz CT molecular complexity index is 828. The molecule has 116 valence electrons. The molecule has 1 amide bonds. The van der Waals surface area contributed by atoms with E-state index < -0.39 is 0 Å². The lowest BCUT2D eigenvalue weighted by atomic mass is 10.1. The minimum absolute atomic E-state index is 0.226. The van der Waals surface area contributed by atoms with Crippen molar-refractivity contribution in [2.45, 2.75) is 6.92 Å². The first-order valence-corrected chi connectivity index (χ1v) is 7.98. The Hall–Kier alpha value is -2.66. The van der Waals surface area contributed by atoms with Gasteiger partial charge >= 0.3 is 0 Å². The van der Waals surface area contributed by atoms with E-state index in [0.29, 0.717) is 16.4 Å². The molecule has 0 fully saturated rings. The molecule has 0 bridgehead atoms. The van der Waals surface area contributed by atoms with Gasteiger partial charge < -0.3 is 4.74 Å². The first-order valence-electron chi connectivity index (χ1n) is 7.16. The number of anilines is 1. The van der Waals surface area contributed by atoms with Gasteiger partial charge in [-0.05, 0) is 19.1 Å². The number of carbonyl (C=O) groups excluding carboxylic acids is 1. The van der Waals surface area contributed by atoms with Crippen LogP contribution in [0.4, 0.5) is 5.13 Å². The van der Waals surface area contributed by atoms with Crippen LogP contribution in [0, 0.1) is 6.92 Å². The van der Waals surface area contributed by atoms with Crippen molar-refractivity contribution in [3.63, 3.8) is 0 Å². The van der Waals surface area contributed by atoms with Crippen molar-refractivity contribution < 1.29 is 9.53 Å². The van der Waals surface area contributed by atoms with Gasteiger partial charge in [0.25, 0.3) is 5.91 Å². The van der Waals surface area contributed by atoms with Crippen LogP contribution in [0.25, 0.3) is 11.3 Å². The van der Waals surface area contributed by atoms with Crippen molar-refractivity contribution in [2.75, 3.05) is 12.4 Å². The summed E-state index contributed by atoms with van der Waals surface area (Å²) in [6.07, 6.45) is 0. The summed E-state index contributed by atoms with van der Waals surface area (Å²) < 4.78 is 5.22. The fourth-order valence-electron chi connectivity index (χ4n) is 2.31. The maximum atomic E-state index is 12.4. The number of nitrogens with one attached hydrogen (secondary N) is 1. The Labute approximate surface area is 138 Å². The van der Waals surface area contributed by atoms with Gasteiger partial charge in [-0.3, -0.25) is 10.1 Å². The fourth-order valence-corrected chi connectivity index (χ4v) is 3.14. The minimum atomic E-state index is -0.226. The highest BCUT2D eigenvalue weighted by Crippen LogP contribution is 2.30. The second-order valence-electron chi connectivity index (χ2n) is 4.94. The largest absolute Gasteiger partial charge is 0.496 e. The van der Waals surface area contributed by atoms with E-state index in [9.17, 15) is 4.79 Å². The molecule has 3 rings (SSSR count). The zero-order valence-corrected chi connectivity index (χ0v) is 13.7. The van der Waals surface area contributed by atoms with E-state index >= 15 is 0 Å². The van der Waals surface area contributed by atoms with E-state index in [2.05, 4.69) is 10.3 Å². The van der Waals surface area contributed by atoms with Gasteiger partial charge in [0.15, 0.2) is 5.13 Å². The summed E-state index contributed by atoms with van der Waals surface area (Å²) in [6.45, 7) is 2.00. The third kappa shape index (κ3) is 3.24. The number of amides is 1. The minimum Gasteiger partial charge on any atom is -0.496 e. The molecule has 1 aromatic heterocycles. The maximum Gasteiger partial charge on any atom is 0.261 e. The Morgan fingerprint density at radius 3 is 2.52 bits per heavy atom. The highest BCUT2D eigenvalue weighted by molar-refractivity contribution is 7.16. The Morgan fingerprint density at radius 2 is 1.78 bits per heavy atom. The van der Waals surface area contributed by atoms with Crippen LogP contribution in [0.1, 0.15) is 15.2 Å². The van der Waals surface area contributed by atoms with Gasteiger partial charge in [-0.1, -0.05) is 42.5 Å². The van der Waals surface area contributed by atoms with Gasteiger partial charge in [0.05, 0.1) is 18.4 Å². The van der Waals surface area contributed by atoms with Crippen LogP contribution < -0.4 is 10.1 Å². The number of carbonyl (C=O) groups is 1. The summed E-state index contributed by atoms with van der Waals surface area (Å²) in [5, 5.41) is 3.43. The van der Waals surface area contributed by atoms with Crippen LogP contribution >= 0.6 is 11.3 Å². The van der Waals surface area contributed by atoms with E-state index in [1.54, 1.807) is 25.3 Å². The second kappa shape index (κ2) is 6.62. The average molecular weight is 324 g/mol. The molecule has 0 unspecified atom stereocenters. The topological polar surface area (TPSA) is 51.2 Å². The molecule has 1 heterocycles. The Balaban J connectivity index is 1.85. The predicted octanol–water partition coefficient (Wildman–Crippen LogP) is 4.38. The molecule has 2 aromatic carbocycles. The van der Waals surface area contributed by atoms with E-state index in [-0.39, 0.29) is 5.91 Å². The number of benzene rings is 2. The standard InChI is InChI=1S/C18H16N2O2S/c1-12-16(13-8-4-3-5-9-13)19-18(23-12)20-17(21)14-10-6-7-11-15(14)22-2/h3-11H,1-2H3,(H,19,20,21). The number of aromatic nitrogens is 1. The lowest BCUT2D eigenvalue weighted by Crippen LogP contribution is -2.12. The predicted molar refractivity (Wildman–Crippen MR) is 93.2 cm³/mol. The monoisotopic (exact) mass is 324 g/mol. The first-order chi connectivity index (χ1) is 11.2. The maximum absolute atomic E-state index is 12.4. The van der Waals surface area contributed by atoms with Crippen LogP contribution in [-0.2, 0) is 0 Å². The second-order valence-corrected chi connectivity index (χ2v) is 6.15. The Kier molecular flexibility index (Phi) is 4.39. The molecule has 0 aliphatic carbocycles. The molecule has 3 aromatic rings. The van der Waals surface area contributed by atoms with Gasteiger partial charge in [-0.25, -0.2) is 4.98 Å². The van der Waals surface area contributed by atoms with E-state index in [1.807, 2.05) is 43.3 Å². The molecule has 23 heavy (non-hydrogen) atoms. The zero-order valence-electron chi connectivity index (χ0n) is 12.9. The summed E-state index contributed by atoms with van der Waals surface area (Å²) in [6, 6.07) is 17.1. The molecule has 4 nitrogen and oxygen atoms in total. The van der Waals surface area contributed by atoms with Gasteiger partial charge in [-0.2, -0.15) is 0 Å². The van der Waals surface area contributed by atoms with Gasteiger partial charge in [0.2, 0.25) is 0 Å². The fraction of sp³-hybridized carbons (Fsp3) is 0.111. The van der Waals surface area contributed by atoms with Gasteiger partial charge in [0, 0.05) is 10.4 Å². The van der Waals surface area contributed by atoms with Crippen LogP contribution in [0.2, 0.25) is 0 Å². The highest BCUT2D eigenvalue weighted by Gasteiger charge is 2.15. The van der Waals surface area contributed by atoms with Crippen molar-refractivity contribution in [2.24, 2.45) is 0 Å². The van der Waals surface area contributed by atoms with Crippen molar-refractivity contribution in [3.8, 4) is 17.0 Å². The van der Waals surface area contributed by atoms with Crippen LogP contribution in [0.15, 0.2) is 54.6 Å². The van der Waals surface area contributed by atoms with Gasteiger partial charge in [-0.15, -0.1) is 11.3 Å². The number of aryl methyl sites for hydroxylation is 1.